The molecule has 0 aliphatic heterocycles. The van der Waals surface area contributed by atoms with Crippen LogP contribution in [0.15, 0.2) is 54.9 Å². The Balaban J connectivity index is 1.68. The number of carbonyl (C=O) groups excluding carboxylic acids is 2. The third-order valence-electron chi connectivity index (χ3n) is 4.17. The van der Waals surface area contributed by atoms with Crippen molar-refractivity contribution in [3.8, 4) is 0 Å². The van der Waals surface area contributed by atoms with Gasteiger partial charge in [0.05, 0.1) is 0 Å². The normalized spacial score (nSPS) is 10.4. The summed E-state index contributed by atoms with van der Waals surface area (Å²) in [6, 6.07) is 12.7. The van der Waals surface area contributed by atoms with E-state index >= 15 is 0 Å². The third-order valence-corrected chi connectivity index (χ3v) is 4.92. The fourth-order valence-electron chi connectivity index (χ4n) is 2.56. The summed E-state index contributed by atoms with van der Waals surface area (Å²) in [4.78, 5) is 31.5. The van der Waals surface area contributed by atoms with Gasteiger partial charge < -0.3 is 10.2 Å². The Kier molecular flexibility index (Phi) is 5.93. The molecular weight excluding hydrogens is 360 g/mol. The Hall–Kier alpha value is -3.06. The highest BCUT2D eigenvalue weighted by Crippen LogP contribution is 2.20. The van der Waals surface area contributed by atoms with Crippen LogP contribution < -0.4 is 5.32 Å². The number of rotatable bonds is 6. The van der Waals surface area contributed by atoms with Crippen molar-refractivity contribution in [1.82, 2.24) is 14.3 Å². The Morgan fingerprint density at radius 3 is 2.70 bits per heavy atom. The van der Waals surface area contributed by atoms with Crippen LogP contribution in [0, 0.1) is 6.92 Å². The summed E-state index contributed by atoms with van der Waals surface area (Å²) in [6.07, 6.45) is 4.02. The Morgan fingerprint density at radius 2 is 2.00 bits per heavy atom. The van der Waals surface area contributed by atoms with E-state index in [4.69, 9.17) is 0 Å². The number of aryl methyl sites for hydroxylation is 1. The number of likely N-dealkylation sites (N-methyl/N-ethyl adjacent to an activating group) is 1. The first kappa shape index (κ1) is 18.7. The molecule has 0 bridgehead atoms. The molecule has 0 radical (unpaired) electrons. The Bertz CT molecular complexity index is 926. The molecule has 0 saturated carbocycles. The molecule has 3 aromatic rings. The summed E-state index contributed by atoms with van der Waals surface area (Å²) < 4.78 is 3.94. The average Bonchev–Trinajstić information content (AvgIpc) is 3.23. The minimum atomic E-state index is -0.228. The molecule has 0 aliphatic rings. The van der Waals surface area contributed by atoms with Crippen LogP contribution in [-0.2, 0) is 6.42 Å². The molecule has 27 heavy (non-hydrogen) atoms. The number of hydrogen-bond donors (Lipinski definition) is 1. The van der Waals surface area contributed by atoms with Crippen LogP contribution in [0.2, 0.25) is 0 Å². The minimum absolute atomic E-state index is 0.0979. The number of aromatic nitrogens is 2. The van der Waals surface area contributed by atoms with E-state index in [0.717, 1.165) is 22.8 Å². The zero-order valence-corrected chi connectivity index (χ0v) is 16.0. The lowest BCUT2D eigenvalue weighted by molar-refractivity contribution is 0.0796. The molecule has 0 spiro atoms. The van der Waals surface area contributed by atoms with Gasteiger partial charge >= 0.3 is 0 Å². The van der Waals surface area contributed by atoms with Gasteiger partial charge in [-0.2, -0.15) is 0 Å². The second-order valence-electron chi connectivity index (χ2n) is 6.16. The quantitative estimate of drug-likeness (QED) is 0.711. The number of amides is 2. The average molecular weight is 380 g/mol. The first-order valence-corrected chi connectivity index (χ1v) is 9.30. The maximum absolute atomic E-state index is 12.7. The van der Waals surface area contributed by atoms with Gasteiger partial charge in [0.25, 0.3) is 11.8 Å². The van der Waals surface area contributed by atoms with Crippen LogP contribution >= 0.6 is 11.5 Å². The van der Waals surface area contributed by atoms with Crippen LogP contribution in [0.3, 0.4) is 0 Å². The lowest BCUT2D eigenvalue weighted by atomic mass is 10.1. The topological polar surface area (TPSA) is 75.2 Å². The van der Waals surface area contributed by atoms with E-state index in [9.17, 15) is 9.59 Å². The summed E-state index contributed by atoms with van der Waals surface area (Å²) in [7, 11) is 1.76. The summed E-state index contributed by atoms with van der Waals surface area (Å²) in [5.41, 5.74) is 2.99. The van der Waals surface area contributed by atoms with Gasteiger partial charge in [0.1, 0.15) is 4.88 Å². The van der Waals surface area contributed by atoms with E-state index in [1.807, 2.05) is 31.2 Å². The number of pyridine rings is 1. The smallest absolute Gasteiger partial charge is 0.267 e. The minimum Gasteiger partial charge on any atom is -0.341 e. The molecule has 0 atom stereocenters. The highest BCUT2D eigenvalue weighted by molar-refractivity contribution is 7.08. The number of hydrogen-bond acceptors (Lipinski definition) is 5. The molecule has 1 aromatic carbocycles. The van der Waals surface area contributed by atoms with Crippen molar-refractivity contribution >= 4 is 29.0 Å². The van der Waals surface area contributed by atoms with Gasteiger partial charge in [0, 0.05) is 49.4 Å². The van der Waals surface area contributed by atoms with Crippen molar-refractivity contribution in [3.63, 3.8) is 0 Å². The van der Waals surface area contributed by atoms with Crippen LogP contribution in [0.5, 0.6) is 0 Å². The maximum Gasteiger partial charge on any atom is 0.267 e. The van der Waals surface area contributed by atoms with E-state index in [0.29, 0.717) is 29.1 Å². The van der Waals surface area contributed by atoms with Gasteiger partial charge in [0.2, 0.25) is 0 Å². The zero-order chi connectivity index (χ0) is 19.2. The lowest BCUT2D eigenvalue weighted by Crippen LogP contribution is -2.29. The monoisotopic (exact) mass is 380 g/mol. The second kappa shape index (κ2) is 8.55. The summed E-state index contributed by atoms with van der Waals surface area (Å²) in [5, 5.41) is 2.86. The number of nitrogens with zero attached hydrogens (tertiary/aromatic N) is 3. The number of anilines is 1. The van der Waals surface area contributed by atoms with Gasteiger partial charge in [-0.25, -0.2) is 4.37 Å². The molecule has 0 saturated heterocycles. The first-order chi connectivity index (χ1) is 13.0. The van der Waals surface area contributed by atoms with Crippen molar-refractivity contribution in [2.24, 2.45) is 0 Å². The molecular formula is C20H20N4O2S. The van der Waals surface area contributed by atoms with E-state index in [2.05, 4.69) is 14.7 Å². The number of nitrogens with one attached hydrogen (secondary N) is 1. The van der Waals surface area contributed by atoms with Gasteiger partial charge in [-0.05, 0) is 54.4 Å². The molecule has 0 unspecified atom stereocenters. The highest BCUT2D eigenvalue weighted by Gasteiger charge is 2.15. The first-order valence-electron chi connectivity index (χ1n) is 8.52. The van der Waals surface area contributed by atoms with Gasteiger partial charge in [-0.15, -0.1) is 0 Å². The lowest BCUT2D eigenvalue weighted by Gasteiger charge is -2.18. The molecule has 0 aliphatic carbocycles. The molecule has 2 amide bonds. The molecule has 2 heterocycles. The van der Waals surface area contributed by atoms with Crippen molar-refractivity contribution in [2.45, 2.75) is 13.3 Å². The van der Waals surface area contributed by atoms with Crippen LogP contribution in [0.25, 0.3) is 0 Å². The fourth-order valence-corrected chi connectivity index (χ4v) is 3.05. The van der Waals surface area contributed by atoms with Gasteiger partial charge in [-0.1, -0.05) is 12.1 Å². The summed E-state index contributed by atoms with van der Waals surface area (Å²) in [6.45, 7) is 2.45. The van der Waals surface area contributed by atoms with Crippen LogP contribution in [0.4, 0.5) is 5.69 Å². The van der Waals surface area contributed by atoms with E-state index < -0.39 is 0 Å². The van der Waals surface area contributed by atoms with Gasteiger partial charge in [0.15, 0.2) is 0 Å². The maximum atomic E-state index is 12.7. The Labute approximate surface area is 162 Å². The molecule has 7 heteroatoms. The number of carbonyl (C=O) groups is 2. The largest absolute Gasteiger partial charge is 0.341 e. The molecule has 3 rings (SSSR count). The summed E-state index contributed by atoms with van der Waals surface area (Å²) >= 11 is 1.13. The molecule has 6 nitrogen and oxygen atoms in total. The Morgan fingerprint density at radius 1 is 1.15 bits per heavy atom. The van der Waals surface area contributed by atoms with Crippen molar-refractivity contribution in [3.05, 3.63) is 76.6 Å². The predicted octanol–water partition coefficient (Wildman–Crippen LogP) is 3.41. The molecule has 1 N–H and O–H groups in total. The number of benzene rings is 1. The summed E-state index contributed by atoms with van der Waals surface area (Å²) in [5.74, 6) is -0.326. The second-order valence-corrected chi connectivity index (χ2v) is 6.99. The van der Waals surface area contributed by atoms with E-state index in [1.54, 1.807) is 42.5 Å². The third kappa shape index (κ3) is 4.77. The van der Waals surface area contributed by atoms with Crippen molar-refractivity contribution in [1.29, 1.82) is 0 Å². The van der Waals surface area contributed by atoms with Gasteiger partial charge in [-0.3, -0.25) is 14.6 Å². The van der Waals surface area contributed by atoms with Crippen molar-refractivity contribution in [2.75, 3.05) is 18.9 Å². The fraction of sp³-hybridized carbons (Fsp3) is 0.200. The standard InChI is InChI=1S/C20H20N4O2S/c1-14-6-7-15(13-17(14)23-19(25)18-8-11-22-27-18)20(26)24(2)12-9-16-5-3-4-10-21-16/h3-8,10-11,13H,9,12H2,1-2H3,(H,23,25). The van der Waals surface area contributed by atoms with Crippen molar-refractivity contribution < 1.29 is 9.59 Å². The van der Waals surface area contributed by atoms with E-state index in [1.165, 1.54) is 0 Å². The molecule has 0 fully saturated rings. The van der Waals surface area contributed by atoms with Crippen LogP contribution in [0.1, 0.15) is 31.3 Å². The zero-order valence-electron chi connectivity index (χ0n) is 15.2. The molecule has 2 aromatic heterocycles. The SMILES string of the molecule is Cc1ccc(C(=O)N(C)CCc2ccccn2)cc1NC(=O)c1ccns1. The highest BCUT2D eigenvalue weighted by atomic mass is 32.1. The van der Waals surface area contributed by atoms with Crippen LogP contribution in [-0.4, -0.2) is 39.7 Å². The predicted molar refractivity (Wildman–Crippen MR) is 106 cm³/mol. The van der Waals surface area contributed by atoms with E-state index in [-0.39, 0.29) is 11.8 Å². The molecule has 138 valence electrons.